The van der Waals surface area contributed by atoms with Crippen LogP contribution in [0.2, 0.25) is 0 Å². The summed E-state index contributed by atoms with van der Waals surface area (Å²) in [7, 11) is -3.62. The van der Waals surface area contributed by atoms with Crippen molar-refractivity contribution in [3.05, 3.63) is 78.3 Å². The minimum absolute atomic E-state index is 0.101. The Morgan fingerprint density at radius 3 is 2.62 bits per heavy atom. The molecule has 0 saturated carbocycles. The van der Waals surface area contributed by atoms with E-state index in [0.717, 1.165) is 21.5 Å². The lowest BCUT2D eigenvalue weighted by molar-refractivity contribution is 0.498. The molecule has 148 valence electrons. The van der Waals surface area contributed by atoms with Crippen molar-refractivity contribution in [2.45, 2.75) is 18.4 Å². The highest BCUT2D eigenvalue weighted by Crippen LogP contribution is 2.25. The smallest absolute Gasteiger partial charge is 0.240 e. The van der Waals surface area contributed by atoms with E-state index in [0.29, 0.717) is 10.9 Å². The topological polar surface area (TPSA) is 96.6 Å². The molecular formula is C20H18N4O3S2. The number of fused-ring (bicyclic) bond motifs is 1. The molecule has 29 heavy (non-hydrogen) atoms. The number of hydrogen-bond acceptors (Lipinski definition) is 7. The molecule has 0 saturated heterocycles. The Balaban J connectivity index is 1.44. The predicted molar refractivity (Wildman–Crippen MR) is 115 cm³/mol. The van der Waals surface area contributed by atoms with E-state index >= 15 is 0 Å². The first-order chi connectivity index (χ1) is 14.0. The molecule has 0 unspecified atom stereocenters. The molecule has 0 bridgehead atoms. The second-order valence-corrected chi connectivity index (χ2v) is 9.02. The fourth-order valence-corrected chi connectivity index (χ4v) is 4.46. The van der Waals surface area contributed by atoms with Gasteiger partial charge in [-0.1, -0.05) is 35.6 Å². The van der Waals surface area contributed by atoms with Crippen LogP contribution in [0.15, 0.2) is 81.3 Å². The Kier molecular flexibility index (Phi) is 5.43. The van der Waals surface area contributed by atoms with Crippen LogP contribution >= 0.6 is 11.3 Å². The molecule has 4 rings (SSSR count). The number of thiazole rings is 1. The largest absolute Gasteiger partial charge is 0.468 e. The normalized spacial score (nSPS) is 12.4. The molecule has 9 heteroatoms. The molecular weight excluding hydrogens is 408 g/mol. The zero-order valence-electron chi connectivity index (χ0n) is 15.5. The first-order valence-electron chi connectivity index (χ1n) is 8.80. The maximum atomic E-state index is 12.4. The van der Waals surface area contributed by atoms with Gasteiger partial charge in [-0.15, -0.1) is 0 Å². The Hall–Kier alpha value is -3.01. The summed E-state index contributed by atoms with van der Waals surface area (Å²) in [6, 6.07) is 17.8. The number of nitrogens with one attached hydrogen (secondary N) is 2. The molecule has 0 aliphatic carbocycles. The van der Waals surface area contributed by atoms with Gasteiger partial charge < -0.3 is 4.42 Å². The highest BCUT2D eigenvalue weighted by Gasteiger charge is 2.14. The average molecular weight is 427 g/mol. The van der Waals surface area contributed by atoms with Gasteiger partial charge >= 0.3 is 0 Å². The van der Waals surface area contributed by atoms with Crippen molar-refractivity contribution in [1.82, 2.24) is 9.71 Å². The standard InChI is InChI=1S/C20H18N4O3S2/c1-14(23-24-20-22-18-6-2-3-7-19(18)28-20)15-8-10-17(11-9-15)29(25,26)21-13-16-5-4-12-27-16/h2-12,21H,13H2,1H3,(H,22,24)/b23-14+. The Morgan fingerprint density at radius 2 is 1.90 bits per heavy atom. The minimum atomic E-state index is -3.62. The summed E-state index contributed by atoms with van der Waals surface area (Å²) in [6.45, 7) is 1.95. The number of anilines is 1. The third-order valence-corrected chi connectivity index (χ3v) is 6.57. The summed E-state index contributed by atoms with van der Waals surface area (Å²) in [4.78, 5) is 4.65. The molecule has 0 radical (unpaired) electrons. The lowest BCUT2D eigenvalue weighted by Gasteiger charge is -2.07. The van der Waals surface area contributed by atoms with Crippen LogP contribution in [-0.2, 0) is 16.6 Å². The number of furan rings is 1. The van der Waals surface area contributed by atoms with Gasteiger partial charge in [0.15, 0.2) is 0 Å². The SMILES string of the molecule is C/C(=N\Nc1nc2ccccc2s1)c1ccc(S(=O)(=O)NCc2ccco2)cc1. The zero-order chi connectivity index (χ0) is 20.3. The van der Waals surface area contributed by atoms with Crippen LogP contribution in [0.1, 0.15) is 18.2 Å². The third-order valence-electron chi connectivity index (χ3n) is 4.21. The number of para-hydroxylation sites is 1. The summed E-state index contributed by atoms with van der Waals surface area (Å²) >= 11 is 1.52. The summed E-state index contributed by atoms with van der Waals surface area (Å²) < 4.78 is 33.5. The van der Waals surface area contributed by atoms with E-state index in [9.17, 15) is 8.42 Å². The summed E-state index contributed by atoms with van der Waals surface area (Å²) in [6.07, 6.45) is 1.50. The Morgan fingerprint density at radius 1 is 1.10 bits per heavy atom. The van der Waals surface area contributed by atoms with Crippen molar-refractivity contribution in [3.63, 3.8) is 0 Å². The van der Waals surface area contributed by atoms with Gasteiger partial charge in [-0.3, -0.25) is 5.43 Å². The highest BCUT2D eigenvalue weighted by molar-refractivity contribution is 7.89. The van der Waals surface area contributed by atoms with Gasteiger partial charge in [0, 0.05) is 0 Å². The van der Waals surface area contributed by atoms with Crippen LogP contribution in [0, 0.1) is 0 Å². The number of nitrogens with zero attached hydrogens (tertiary/aromatic N) is 2. The van der Waals surface area contributed by atoms with Gasteiger partial charge in [-0.2, -0.15) is 5.10 Å². The quantitative estimate of drug-likeness (QED) is 0.341. The Labute approximate surface area is 172 Å². The molecule has 2 aromatic heterocycles. The summed E-state index contributed by atoms with van der Waals surface area (Å²) in [5.74, 6) is 0.550. The molecule has 0 aliphatic rings. The van der Waals surface area contributed by atoms with Crippen molar-refractivity contribution in [2.75, 3.05) is 5.43 Å². The maximum Gasteiger partial charge on any atom is 0.240 e. The van der Waals surface area contributed by atoms with Crippen molar-refractivity contribution >= 4 is 42.4 Å². The van der Waals surface area contributed by atoms with E-state index in [1.165, 1.54) is 17.6 Å². The number of benzene rings is 2. The number of hydrogen-bond donors (Lipinski definition) is 2. The van der Waals surface area contributed by atoms with Gasteiger partial charge in [0.05, 0.1) is 33.6 Å². The molecule has 2 N–H and O–H groups in total. The van der Waals surface area contributed by atoms with Gasteiger partial charge in [-0.05, 0) is 48.9 Å². The van der Waals surface area contributed by atoms with Crippen LogP contribution in [0.5, 0.6) is 0 Å². The van der Waals surface area contributed by atoms with Crippen molar-refractivity contribution in [2.24, 2.45) is 5.10 Å². The molecule has 0 fully saturated rings. The second kappa shape index (κ2) is 8.16. The van der Waals surface area contributed by atoms with E-state index < -0.39 is 10.0 Å². The molecule has 0 amide bonds. The van der Waals surface area contributed by atoms with Gasteiger partial charge in [0.2, 0.25) is 15.2 Å². The number of rotatable bonds is 7. The monoisotopic (exact) mass is 426 g/mol. The molecule has 0 aliphatic heterocycles. The highest BCUT2D eigenvalue weighted by atomic mass is 32.2. The first kappa shape index (κ1) is 19.3. The summed E-state index contributed by atoms with van der Waals surface area (Å²) in [5.41, 5.74) is 5.42. The molecule has 2 aromatic carbocycles. The Bertz CT molecular complexity index is 1210. The number of sulfonamides is 1. The minimum Gasteiger partial charge on any atom is -0.468 e. The van der Waals surface area contributed by atoms with Crippen LogP contribution in [0.25, 0.3) is 10.2 Å². The third kappa shape index (κ3) is 4.53. The van der Waals surface area contributed by atoms with E-state index in [4.69, 9.17) is 4.42 Å². The van der Waals surface area contributed by atoms with E-state index in [2.05, 4.69) is 20.2 Å². The fourth-order valence-electron chi connectivity index (χ4n) is 2.65. The van der Waals surface area contributed by atoms with Gasteiger partial charge in [0.1, 0.15) is 5.76 Å². The predicted octanol–water partition coefficient (Wildman–Crippen LogP) is 4.20. The number of aromatic nitrogens is 1. The van der Waals surface area contributed by atoms with Gasteiger partial charge in [0.25, 0.3) is 0 Å². The molecule has 7 nitrogen and oxygen atoms in total. The second-order valence-electron chi connectivity index (χ2n) is 6.22. The molecule has 0 atom stereocenters. The summed E-state index contributed by atoms with van der Waals surface area (Å²) in [5, 5.41) is 5.06. The lowest BCUT2D eigenvalue weighted by atomic mass is 10.1. The lowest BCUT2D eigenvalue weighted by Crippen LogP contribution is -2.23. The van der Waals surface area contributed by atoms with E-state index in [1.54, 1.807) is 36.4 Å². The van der Waals surface area contributed by atoms with E-state index in [-0.39, 0.29) is 11.4 Å². The van der Waals surface area contributed by atoms with Crippen LogP contribution in [0.3, 0.4) is 0 Å². The van der Waals surface area contributed by atoms with Gasteiger partial charge in [-0.25, -0.2) is 18.1 Å². The van der Waals surface area contributed by atoms with Crippen LogP contribution in [0.4, 0.5) is 5.13 Å². The van der Waals surface area contributed by atoms with Crippen LogP contribution < -0.4 is 10.1 Å². The molecule has 4 aromatic rings. The molecule has 0 spiro atoms. The van der Waals surface area contributed by atoms with Crippen molar-refractivity contribution in [1.29, 1.82) is 0 Å². The zero-order valence-corrected chi connectivity index (χ0v) is 17.1. The van der Waals surface area contributed by atoms with Crippen LogP contribution in [-0.4, -0.2) is 19.1 Å². The molecule has 2 heterocycles. The fraction of sp³-hybridized carbons (Fsp3) is 0.100. The maximum absolute atomic E-state index is 12.4. The van der Waals surface area contributed by atoms with Crippen molar-refractivity contribution in [3.8, 4) is 0 Å². The van der Waals surface area contributed by atoms with E-state index in [1.807, 2.05) is 31.2 Å². The first-order valence-corrected chi connectivity index (χ1v) is 11.1. The number of hydrazone groups is 1. The van der Waals surface area contributed by atoms with Crippen molar-refractivity contribution < 1.29 is 12.8 Å². The average Bonchev–Trinajstić information content (AvgIpc) is 3.40.